The van der Waals surface area contributed by atoms with Crippen molar-refractivity contribution in [2.75, 3.05) is 0 Å². The fourth-order valence-electron chi connectivity index (χ4n) is 0.999. The molecule has 0 saturated heterocycles. The summed E-state index contributed by atoms with van der Waals surface area (Å²) >= 11 is 0. The zero-order valence-corrected chi connectivity index (χ0v) is 9.40. The van der Waals surface area contributed by atoms with E-state index in [0.29, 0.717) is 10.9 Å². The predicted octanol–water partition coefficient (Wildman–Crippen LogP) is 0.108. The van der Waals surface area contributed by atoms with Gasteiger partial charge in [-0.3, -0.25) is 4.79 Å². The first-order chi connectivity index (χ1) is 5.77. The first-order valence-corrected chi connectivity index (χ1v) is 3.34. The van der Waals surface area contributed by atoms with Crippen molar-refractivity contribution in [2.24, 2.45) is 0 Å². The van der Waals surface area contributed by atoms with Crippen molar-refractivity contribution in [3.63, 3.8) is 0 Å². The van der Waals surface area contributed by atoms with Gasteiger partial charge in [0.05, 0.1) is 0 Å². The summed E-state index contributed by atoms with van der Waals surface area (Å²) in [5.74, 6) is -0.848. The average molecular weight is 251 g/mol. The van der Waals surface area contributed by atoms with Crippen LogP contribution in [0.25, 0.3) is 10.9 Å². The van der Waals surface area contributed by atoms with Gasteiger partial charge in [0.25, 0.3) is 0 Å². The van der Waals surface area contributed by atoms with Crippen molar-refractivity contribution < 1.29 is 37.1 Å². The first kappa shape index (κ1) is 10.3. The molecule has 0 saturated carbocycles. The zero-order valence-electron chi connectivity index (χ0n) is 6.56. The number of nitrogens with zero attached hydrogens (tertiary/aromatic N) is 1. The van der Waals surface area contributed by atoms with Crippen LogP contribution in [0.5, 0.6) is 0 Å². The molecule has 1 heterocycles. The van der Waals surface area contributed by atoms with Crippen LogP contribution in [-0.2, 0) is 32.7 Å². The van der Waals surface area contributed by atoms with E-state index < -0.39 is 11.4 Å². The minimum Gasteiger partial charge on any atom is -0.590 e. The molecule has 2 aromatic rings. The van der Waals surface area contributed by atoms with Crippen LogP contribution in [0.2, 0.25) is 0 Å². The van der Waals surface area contributed by atoms with Crippen molar-refractivity contribution in [2.45, 2.75) is 0 Å². The Labute approximate surface area is 97.8 Å². The summed E-state index contributed by atoms with van der Waals surface area (Å²) < 4.78 is 4.27. The zero-order chi connectivity index (χ0) is 8.55. The third kappa shape index (κ3) is 1.95. The topological polar surface area (TPSA) is 61.4 Å². The molecule has 1 aromatic heterocycles. The molecule has 5 heteroatoms. The maximum atomic E-state index is 11.0. The van der Waals surface area contributed by atoms with Crippen LogP contribution in [0.4, 0.5) is 0 Å². The Hall–Kier alpha value is -0.736. The Balaban J connectivity index is 0.000000845. The molecule has 0 fully saturated rings. The van der Waals surface area contributed by atoms with Gasteiger partial charge >= 0.3 is 5.63 Å². The third-order valence-electron chi connectivity index (χ3n) is 1.52. The van der Waals surface area contributed by atoms with Gasteiger partial charge in [-0.05, 0) is 6.07 Å². The summed E-state index contributed by atoms with van der Waals surface area (Å²) in [6.45, 7) is 0. The van der Waals surface area contributed by atoms with E-state index in [4.69, 9.17) is 0 Å². The van der Waals surface area contributed by atoms with Gasteiger partial charge < -0.3 is 9.40 Å². The van der Waals surface area contributed by atoms with E-state index in [9.17, 15) is 9.59 Å². The SMILES string of the molecule is O=c1[n-]c2ccccc2c(=O)o1.[Y]. The van der Waals surface area contributed by atoms with E-state index in [1.54, 1.807) is 24.3 Å². The number of aromatic nitrogens is 1. The minimum absolute atomic E-state index is 0. The summed E-state index contributed by atoms with van der Waals surface area (Å²) in [4.78, 5) is 25.1. The number of hydrogen-bond acceptors (Lipinski definition) is 3. The molecule has 0 N–H and O–H groups in total. The summed E-state index contributed by atoms with van der Waals surface area (Å²) in [6.07, 6.45) is 0. The summed E-state index contributed by atoms with van der Waals surface area (Å²) in [5.41, 5.74) is -0.260. The standard InChI is InChI=1S/C8H5NO3.Y/c10-7-5-3-1-2-4-6(5)9-8(11)12-7;/h1-4H,(H,9,10,11);/p-1. The molecule has 4 nitrogen and oxygen atoms in total. The second-order valence-corrected chi connectivity index (χ2v) is 2.28. The Bertz CT molecular complexity index is 528. The van der Waals surface area contributed by atoms with Crippen LogP contribution >= 0.6 is 0 Å². The molecule has 2 rings (SSSR count). The van der Waals surface area contributed by atoms with E-state index >= 15 is 0 Å². The van der Waals surface area contributed by atoms with E-state index in [0.717, 1.165) is 0 Å². The van der Waals surface area contributed by atoms with Gasteiger partial charge in [-0.25, -0.2) is 4.79 Å². The van der Waals surface area contributed by atoms with Crippen molar-refractivity contribution in [3.8, 4) is 0 Å². The Kier molecular flexibility index (Phi) is 3.17. The first-order valence-electron chi connectivity index (χ1n) is 3.34. The molecule has 0 spiro atoms. The quantitative estimate of drug-likeness (QED) is 0.666. The van der Waals surface area contributed by atoms with Crippen LogP contribution in [0.15, 0.2) is 38.3 Å². The fraction of sp³-hybridized carbons (Fsp3) is 0. The molecular weight excluding hydrogens is 247 g/mol. The summed E-state index contributed by atoms with van der Waals surface area (Å²) in [6, 6.07) is 6.54. The monoisotopic (exact) mass is 251 g/mol. The summed E-state index contributed by atoms with van der Waals surface area (Å²) in [5, 5.41) is 0.331. The largest absolute Gasteiger partial charge is 0.590 e. The van der Waals surface area contributed by atoms with E-state index in [2.05, 4.69) is 9.40 Å². The molecule has 0 unspecified atom stereocenters. The van der Waals surface area contributed by atoms with Crippen LogP contribution in [-0.4, -0.2) is 0 Å². The number of fused-ring (bicyclic) bond motifs is 1. The molecule has 0 bridgehead atoms. The van der Waals surface area contributed by atoms with Crippen molar-refractivity contribution in [3.05, 3.63) is 45.2 Å². The second-order valence-electron chi connectivity index (χ2n) is 2.28. The van der Waals surface area contributed by atoms with Gasteiger partial charge in [-0.15, -0.1) is 5.52 Å². The van der Waals surface area contributed by atoms with Crippen molar-refractivity contribution >= 4 is 10.9 Å². The predicted molar refractivity (Wildman–Crippen MR) is 42.1 cm³/mol. The van der Waals surface area contributed by atoms with Gasteiger partial charge in [-0.1, -0.05) is 18.2 Å². The molecule has 1 aromatic carbocycles. The van der Waals surface area contributed by atoms with Gasteiger partial charge in [0.15, 0.2) is 0 Å². The fourth-order valence-corrected chi connectivity index (χ4v) is 0.999. The maximum Gasteiger partial charge on any atom is 0.343 e. The Morgan fingerprint density at radius 2 is 1.85 bits per heavy atom. The maximum absolute atomic E-state index is 11.0. The molecular formula is C8H4NO3Y-. The summed E-state index contributed by atoms with van der Waals surface area (Å²) in [7, 11) is 0. The molecule has 63 valence electrons. The molecule has 13 heavy (non-hydrogen) atoms. The van der Waals surface area contributed by atoms with E-state index in [-0.39, 0.29) is 32.7 Å². The van der Waals surface area contributed by atoms with Crippen molar-refractivity contribution in [1.82, 2.24) is 4.98 Å². The molecule has 0 amide bonds. The molecule has 0 atom stereocenters. The Morgan fingerprint density at radius 3 is 2.62 bits per heavy atom. The van der Waals surface area contributed by atoms with Gasteiger partial charge in [-0.2, -0.15) is 0 Å². The second kappa shape index (κ2) is 3.98. The average Bonchev–Trinajstić information content (AvgIpc) is 2.04. The van der Waals surface area contributed by atoms with Crippen LogP contribution in [0, 0.1) is 0 Å². The minimum atomic E-state index is -0.848. The number of benzene rings is 1. The number of para-hydroxylation sites is 1. The molecule has 0 aliphatic heterocycles. The molecule has 0 aliphatic carbocycles. The molecule has 1 radical (unpaired) electrons. The number of hydrogen-bond donors (Lipinski definition) is 0. The smallest absolute Gasteiger partial charge is 0.343 e. The van der Waals surface area contributed by atoms with Crippen molar-refractivity contribution in [1.29, 1.82) is 0 Å². The van der Waals surface area contributed by atoms with Crippen LogP contribution in [0.1, 0.15) is 0 Å². The van der Waals surface area contributed by atoms with Gasteiger partial charge in [0.2, 0.25) is 5.76 Å². The van der Waals surface area contributed by atoms with Crippen LogP contribution in [0.3, 0.4) is 0 Å². The van der Waals surface area contributed by atoms with Gasteiger partial charge in [0.1, 0.15) is 0 Å². The van der Waals surface area contributed by atoms with E-state index in [1.165, 1.54) is 0 Å². The third-order valence-corrected chi connectivity index (χ3v) is 1.52. The molecule has 0 aliphatic rings. The van der Waals surface area contributed by atoms with Crippen LogP contribution < -0.4 is 16.4 Å². The normalized spacial score (nSPS) is 9.54. The Morgan fingerprint density at radius 1 is 1.15 bits per heavy atom. The number of rotatable bonds is 0. The van der Waals surface area contributed by atoms with Gasteiger partial charge in [0, 0.05) is 38.1 Å². The van der Waals surface area contributed by atoms with E-state index in [1.807, 2.05) is 0 Å².